The molecule has 0 atom stereocenters. The number of carbonyl (C=O) groups excluding carboxylic acids is 1. The van der Waals surface area contributed by atoms with Gasteiger partial charge < -0.3 is 9.73 Å². The fourth-order valence-electron chi connectivity index (χ4n) is 2.76. The number of alkyl halides is 3. The van der Waals surface area contributed by atoms with Crippen LogP contribution < -0.4 is 5.32 Å². The maximum absolute atomic E-state index is 12.9. The summed E-state index contributed by atoms with van der Waals surface area (Å²) < 4.78 is 45.9. The van der Waals surface area contributed by atoms with Crippen LogP contribution in [0.2, 0.25) is 5.02 Å². The number of thioether (sulfide) groups is 1. The average Bonchev–Trinajstić information content (AvgIpc) is 3.26. The Labute approximate surface area is 179 Å². The van der Waals surface area contributed by atoms with Crippen molar-refractivity contribution in [3.05, 3.63) is 46.9 Å². The number of hydrogen-bond acceptors (Lipinski definition) is 5. The van der Waals surface area contributed by atoms with Gasteiger partial charge in [-0.25, -0.2) is 0 Å². The molecule has 0 aliphatic rings. The third kappa shape index (κ3) is 4.81. The molecule has 1 aromatic carbocycles. The van der Waals surface area contributed by atoms with Crippen LogP contribution in [0.4, 0.5) is 18.9 Å². The van der Waals surface area contributed by atoms with Gasteiger partial charge >= 0.3 is 6.18 Å². The van der Waals surface area contributed by atoms with Crippen LogP contribution in [0.25, 0.3) is 11.4 Å². The first-order valence-corrected chi connectivity index (χ1v) is 10.2. The highest BCUT2D eigenvalue weighted by atomic mass is 35.5. The van der Waals surface area contributed by atoms with Gasteiger partial charge in [-0.3, -0.25) is 9.36 Å². The Morgan fingerprint density at radius 1 is 1.30 bits per heavy atom. The number of benzene rings is 1. The van der Waals surface area contributed by atoms with Crippen molar-refractivity contribution < 1.29 is 22.4 Å². The second-order valence-corrected chi connectivity index (χ2v) is 8.04. The Morgan fingerprint density at radius 3 is 2.63 bits per heavy atom. The Morgan fingerprint density at radius 2 is 2.03 bits per heavy atom. The molecule has 0 aliphatic carbocycles. The van der Waals surface area contributed by atoms with Crippen molar-refractivity contribution in [2.75, 3.05) is 11.1 Å². The predicted molar refractivity (Wildman–Crippen MR) is 109 cm³/mol. The highest BCUT2D eigenvalue weighted by molar-refractivity contribution is 7.99. The summed E-state index contributed by atoms with van der Waals surface area (Å²) in [4.78, 5) is 12.3. The van der Waals surface area contributed by atoms with Gasteiger partial charge in [-0.2, -0.15) is 13.2 Å². The lowest BCUT2D eigenvalue weighted by molar-refractivity contribution is -0.137. The van der Waals surface area contributed by atoms with Crippen molar-refractivity contribution >= 4 is 35.0 Å². The van der Waals surface area contributed by atoms with Gasteiger partial charge in [-0.05, 0) is 45.0 Å². The molecule has 1 N–H and O–H groups in total. The summed E-state index contributed by atoms with van der Waals surface area (Å²) in [6.07, 6.45) is -2.98. The van der Waals surface area contributed by atoms with Crippen LogP contribution in [0.15, 0.2) is 40.1 Å². The standard InChI is InChI=1S/C19H18ClF3N4O2S/c1-10(2)27-17(13-6-7-29-11(13)3)25-26-18(27)30-9-16(28)24-15-8-12(19(21,22)23)4-5-14(15)20/h4-8,10H,9H2,1-3H3,(H,24,28). The highest BCUT2D eigenvalue weighted by Gasteiger charge is 2.31. The first kappa shape index (κ1) is 22.2. The van der Waals surface area contributed by atoms with Gasteiger partial charge in [0.2, 0.25) is 5.91 Å². The second kappa shape index (κ2) is 8.73. The van der Waals surface area contributed by atoms with Crippen molar-refractivity contribution in [1.82, 2.24) is 14.8 Å². The molecular formula is C19H18ClF3N4O2S. The molecule has 160 valence electrons. The maximum atomic E-state index is 12.9. The van der Waals surface area contributed by atoms with Gasteiger partial charge in [0, 0.05) is 6.04 Å². The maximum Gasteiger partial charge on any atom is 0.416 e. The van der Waals surface area contributed by atoms with Crippen molar-refractivity contribution in [3.8, 4) is 11.4 Å². The molecule has 2 aromatic heterocycles. The quantitative estimate of drug-likeness (QED) is 0.470. The van der Waals surface area contributed by atoms with E-state index in [1.54, 1.807) is 12.3 Å². The zero-order chi connectivity index (χ0) is 22.1. The molecule has 1 amide bonds. The monoisotopic (exact) mass is 458 g/mol. The Bertz CT molecular complexity index is 1060. The summed E-state index contributed by atoms with van der Waals surface area (Å²) in [5, 5.41) is 11.3. The van der Waals surface area contributed by atoms with Gasteiger partial charge in [0.1, 0.15) is 5.76 Å². The predicted octanol–water partition coefficient (Wildman–Crippen LogP) is 5.83. The summed E-state index contributed by atoms with van der Waals surface area (Å²) in [6, 6.07) is 4.56. The number of hydrogen-bond donors (Lipinski definition) is 1. The van der Waals surface area contributed by atoms with Crippen molar-refractivity contribution in [1.29, 1.82) is 0 Å². The Hall–Kier alpha value is -2.46. The first-order valence-electron chi connectivity index (χ1n) is 8.86. The number of aryl methyl sites for hydroxylation is 1. The molecule has 0 unspecified atom stereocenters. The summed E-state index contributed by atoms with van der Waals surface area (Å²) in [5.41, 5.74) is -0.199. The molecule has 11 heteroatoms. The number of furan rings is 1. The Balaban J connectivity index is 1.74. The van der Waals surface area contributed by atoms with Crippen LogP contribution in [0, 0.1) is 6.92 Å². The largest absolute Gasteiger partial charge is 0.469 e. The molecule has 6 nitrogen and oxygen atoms in total. The van der Waals surface area contributed by atoms with Gasteiger partial charge in [-0.1, -0.05) is 23.4 Å². The first-order chi connectivity index (χ1) is 14.1. The number of nitrogens with zero attached hydrogens (tertiary/aromatic N) is 3. The molecule has 0 saturated heterocycles. The Kier molecular flexibility index (Phi) is 6.47. The third-order valence-corrected chi connectivity index (χ3v) is 5.45. The van der Waals surface area contributed by atoms with E-state index in [1.165, 1.54) is 0 Å². The van der Waals surface area contributed by atoms with Crippen LogP contribution in [-0.2, 0) is 11.0 Å². The molecule has 3 rings (SSSR count). The minimum Gasteiger partial charge on any atom is -0.469 e. The van der Waals surface area contributed by atoms with E-state index in [0.29, 0.717) is 16.7 Å². The molecule has 2 heterocycles. The van der Waals surface area contributed by atoms with Crippen LogP contribution in [0.3, 0.4) is 0 Å². The normalized spacial score (nSPS) is 11.9. The number of anilines is 1. The molecule has 0 radical (unpaired) electrons. The summed E-state index contributed by atoms with van der Waals surface area (Å²) in [7, 11) is 0. The second-order valence-electron chi connectivity index (χ2n) is 6.69. The number of aromatic nitrogens is 3. The minimum atomic E-state index is -4.53. The van der Waals surface area contributed by atoms with E-state index in [-0.39, 0.29) is 22.5 Å². The van der Waals surface area contributed by atoms with Crippen LogP contribution in [0.5, 0.6) is 0 Å². The zero-order valence-corrected chi connectivity index (χ0v) is 17.8. The third-order valence-electron chi connectivity index (χ3n) is 4.18. The van der Waals surface area contributed by atoms with E-state index >= 15 is 0 Å². The number of carbonyl (C=O) groups is 1. The van der Waals surface area contributed by atoms with Gasteiger partial charge in [0.15, 0.2) is 11.0 Å². The zero-order valence-electron chi connectivity index (χ0n) is 16.2. The van der Waals surface area contributed by atoms with Crippen LogP contribution >= 0.6 is 23.4 Å². The van der Waals surface area contributed by atoms with Gasteiger partial charge in [0.05, 0.1) is 33.9 Å². The summed E-state index contributed by atoms with van der Waals surface area (Å²) in [5.74, 6) is 0.709. The molecule has 3 aromatic rings. The lowest BCUT2D eigenvalue weighted by atomic mass is 10.2. The van der Waals surface area contributed by atoms with E-state index in [1.807, 2.05) is 25.3 Å². The number of nitrogens with one attached hydrogen (secondary N) is 1. The number of rotatable bonds is 6. The molecule has 0 spiro atoms. The van der Waals surface area contributed by atoms with E-state index in [4.69, 9.17) is 16.0 Å². The van der Waals surface area contributed by atoms with Crippen molar-refractivity contribution in [3.63, 3.8) is 0 Å². The van der Waals surface area contributed by atoms with Crippen molar-refractivity contribution in [2.24, 2.45) is 0 Å². The fraction of sp³-hybridized carbons (Fsp3) is 0.316. The summed E-state index contributed by atoms with van der Waals surface area (Å²) >= 11 is 7.05. The molecule has 0 bridgehead atoms. The van der Waals surface area contributed by atoms with E-state index in [2.05, 4.69) is 15.5 Å². The molecule has 30 heavy (non-hydrogen) atoms. The van der Waals surface area contributed by atoms with Crippen LogP contribution in [-0.4, -0.2) is 26.4 Å². The van der Waals surface area contributed by atoms with Gasteiger partial charge in [0.25, 0.3) is 0 Å². The lowest BCUT2D eigenvalue weighted by Gasteiger charge is -2.14. The lowest BCUT2D eigenvalue weighted by Crippen LogP contribution is -2.16. The van der Waals surface area contributed by atoms with E-state index < -0.39 is 17.6 Å². The molecular weight excluding hydrogens is 441 g/mol. The van der Waals surface area contributed by atoms with Gasteiger partial charge in [-0.15, -0.1) is 10.2 Å². The molecule has 0 aliphatic heterocycles. The molecule has 0 saturated carbocycles. The SMILES string of the molecule is Cc1occc1-c1nnc(SCC(=O)Nc2cc(C(F)(F)F)ccc2Cl)n1C(C)C. The topological polar surface area (TPSA) is 72.9 Å². The van der Waals surface area contributed by atoms with E-state index in [9.17, 15) is 18.0 Å². The summed E-state index contributed by atoms with van der Waals surface area (Å²) in [6.45, 7) is 5.72. The highest BCUT2D eigenvalue weighted by Crippen LogP contribution is 2.34. The smallest absolute Gasteiger partial charge is 0.416 e. The number of halogens is 4. The average molecular weight is 459 g/mol. The minimum absolute atomic E-state index is 0.00720. The fourth-order valence-corrected chi connectivity index (χ4v) is 3.79. The number of amides is 1. The van der Waals surface area contributed by atoms with E-state index in [0.717, 1.165) is 35.5 Å². The molecule has 0 fully saturated rings. The van der Waals surface area contributed by atoms with Crippen molar-refractivity contribution in [2.45, 2.75) is 38.1 Å². The van der Waals surface area contributed by atoms with Crippen LogP contribution in [0.1, 0.15) is 31.2 Å².